The van der Waals surface area contributed by atoms with Crippen LogP contribution in [0.4, 0.5) is 5.13 Å². The van der Waals surface area contributed by atoms with Crippen LogP contribution in [0.15, 0.2) is 22.7 Å². The fourth-order valence-corrected chi connectivity index (χ4v) is 5.08. The Labute approximate surface area is 156 Å². The number of aromatic nitrogens is 1. The van der Waals surface area contributed by atoms with Crippen LogP contribution in [0.1, 0.15) is 25.7 Å². The fraction of sp³-hybridized carbons (Fsp3) is 0.412. The standard InChI is InChI=1S/C17H16BrN3O3S/c18-9-5-6-12-13(7-9)25-17(19-12)20-14(22)8-21-15(23)10-3-1-2-4-11(10)16(21)24/h5-7,10-11H,1-4,8H2,(H,19,20,22)/t10-,11-/m0/s1. The predicted molar refractivity (Wildman–Crippen MR) is 98.1 cm³/mol. The average Bonchev–Trinajstić information content (AvgIpc) is 3.09. The first-order valence-corrected chi connectivity index (χ1v) is 9.85. The van der Waals surface area contributed by atoms with Crippen molar-refractivity contribution in [3.05, 3.63) is 22.7 Å². The van der Waals surface area contributed by atoms with Gasteiger partial charge in [0.1, 0.15) is 6.54 Å². The van der Waals surface area contributed by atoms with E-state index in [2.05, 4.69) is 26.2 Å². The Balaban J connectivity index is 1.46. The molecule has 3 amide bonds. The molecule has 0 spiro atoms. The van der Waals surface area contributed by atoms with Crippen LogP contribution in [-0.2, 0) is 14.4 Å². The Morgan fingerprint density at radius 3 is 2.60 bits per heavy atom. The summed E-state index contributed by atoms with van der Waals surface area (Å²) in [5.41, 5.74) is 0.794. The molecule has 1 N–H and O–H groups in total. The monoisotopic (exact) mass is 421 g/mol. The van der Waals surface area contributed by atoms with Gasteiger partial charge in [-0.15, -0.1) is 0 Å². The van der Waals surface area contributed by atoms with E-state index in [1.54, 1.807) is 0 Å². The number of carbonyl (C=O) groups is 3. The lowest BCUT2D eigenvalue weighted by molar-refractivity contribution is -0.142. The van der Waals surface area contributed by atoms with Crippen molar-refractivity contribution in [3.63, 3.8) is 0 Å². The molecule has 8 heteroatoms. The first-order valence-electron chi connectivity index (χ1n) is 8.24. The molecule has 0 bridgehead atoms. The molecule has 0 radical (unpaired) electrons. The van der Waals surface area contributed by atoms with Crippen molar-refractivity contribution in [1.82, 2.24) is 9.88 Å². The number of imide groups is 1. The number of halogens is 1. The number of fused-ring (bicyclic) bond motifs is 2. The van der Waals surface area contributed by atoms with Crippen molar-refractivity contribution >= 4 is 60.3 Å². The van der Waals surface area contributed by atoms with Crippen LogP contribution in [0.25, 0.3) is 10.2 Å². The van der Waals surface area contributed by atoms with E-state index >= 15 is 0 Å². The molecule has 1 aromatic heterocycles. The maximum atomic E-state index is 12.4. The van der Waals surface area contributed by atoms with E-state index in [-0.39, 0.29) is 30.2 Å². The fourth-order valence-electron chi connectivity index (χ4n) is 3.64. The summed E-state index contributed by atoms with van der Waals surface area (Å²) in [5, 5.41) is 3.17. The molecule has 6 nitrogen and oxygen atoms in total. The normalized spacial score (nSPS) is 23.2. The summed E-state index contributed by atoms with van der Waals surface area (Å²) in [7, 11) is 0. The Bertz CT molecular complexity index is 857. The van der Waals surface area contributed by atoms with Crippen LogP contribution in [0.3, 0.4) is 0 Å². The summed E-state index contributed by atoms with van der Waals surface area (Å²) < 4.78 is 1.89. The number of benzene rings is 1. The van der Waals surface area contributed by atoms with E-state index in [4.69, 9.17) is 0 Å². The van der Waals surface area contributed by atoms with Crippen LogP contribution in [-0.4, -0.2) is 34.2 Å². The van der Waals surface area contributed by atoms with E-state index < -0.39 is 5.91 Å². The second kappa shape index (κ2) is 6.49. The molecule has 25 heavy (non-hydrogen) atoms. The van der Waals surface area contributed by atoms with Crippen molar-refractivity contribution < 1.29 is 14.4 Å². The highest BCUT2D eigenvalue weighted by atomic mass is 79.9. The quantitative estimate of drug-likeness (QED) is 0.771. The SMILES string of the molecule is O=C(CN1C(=O)[C@H]2CCCC[C@@H]2C1=O)Nc1nc2ccc(Br)cc2s1. The highest BCUT2D eigenvalue weighted by Crippen LogP contribution is 2.38. The second-order valence-electron chi connectivity index (χ2n) is 6.44. The van der Waals surface area contributed by atoms with Gasteiger partial charge in [0, 0.05) is 4.47 Å². The third kappa shape index (κ3) is 3.08. The number of nitrogens with one attached hydrogen (secondary N) is 1. The Morgan fingerprint density at radius 2 is 1.92 bits per heavy atom. The van der Waals surface area contributed by atoms with Gasteiger partial charge in [-0.25, -0.2) is 4.98 Å². The second-order valence-corrected chi connectivity index (χ2v) is 8.39. The van der Waals surface area contributed by atoms with E-state index in [0.717, 1.165) is 45.3 Å². The number of anilines is 1. The van der Waals surface area contributed by atoms with Gasteiger partial charge in [0.25, 0.3) is 0 Å². The zero-order chi connectivity index (χ0) is 17.6. The van der Waals surface area contributed by atoms with Crippen molar-refractivity contribution in [1.29, 1.82) is 0 Å². The molecular formula is C17H16BrN3O3S. The van der Waals surface area contributed by atoms with Crippen molar-refractivity contribution in [2.45, 2.75) is 25.7 Å². The minimum absolute atomic E-state index is 0.196. The Hall–Kier alpha value is -1.80. The number of nitrogens with zero attached hydrogens (tertiary/aromatic N) is 2. The van der Waals surface area contributed by atoms with Crippen LogP contribution in [0.5, 0.6) is 0 Å². The Morgan fingerprint density at radius 1 is 1.24 bits per heavy atom. The lowest BCUT2D eigenvalue weighted by Crippen LogP contribution is -2.38. The minimum Gasteiger partial charge on any atom is -0.300 e. The number of hydrogen-bond acceptors (Lipinski definition) is 5. The van der Waals surface area contributed by atoms with Crippen molar-refractivity contribution in [2.75, 3.05) is 11.9 Å². The predicted octanol–water partition coefficient (Wildman–Crippen LogP) is 3.17. The average molecular weight is 422 g/mol. The minimum atomic E-state index is -0.390. The molecule has 130 valence electrons. The smallest absolute Gasteiger partial charge is 0.246 e. The van der Waals surface area contributed by atoms with Gasteiger partial charge in [0.2, 0.25) is 17.7 Å². The number of carbonyl (C=O) groups excluding carboxylic acids is 3. The maximum Gasteiger partial charge on any atom is 0.246 e. The molecule has 2 atom stereocenters. The molecule has 2 aliphatic rings. The van der Waals surface area contributed by atoms with Gasteiger partial charge in [-0.05, 0) is 31.0 Å². The summed E-state index contributed by atoms with van der Waals surface area (Å²) in [6.45, 7) is -0.232. The molecular weight excluding hydrogens is 406 g/mol. The van der Waals surface area contributed by atoms with Crippen LogP contribution >= 0.6 is 27.3 Å². The van der Waals surface area contributed by atoms with Crippen LogP contribution < -0.4 is 5.32 Å². The Kier molecular flexibility index (Phi) is 4.33. The zero-order valence-electron chi connectivity index (χ0n) is 13.3. The lowest BCUT2D eigenvalue weighted by atomic mass is 9.81. The summed E-state index contributed by atoms with van der Waals surface area (Å²) in [6.07, 6.45) is 3.45. The molecule has 1 saturated carbocycles. The van der Waals surface area contributed by atoms with Crippen molar-refractivity contribution in [3.8, 4) is 0 Å². The topological polar surface area (TPSA) is 79.4 Å². The molecule has 2 aromatic rings. The van der Waals surface area contributed by atoms with Crippen LogP contribution in [0.2, 0.25) is 0 Å². The van der Waals surface area contributed by atoms with Gasteiger partial charge in [0.05, 0.1) is 22.1 Å². The molecule has 0 unspecified atom stereocenters. The summed E-state index contributed by atoms with van der Waals surface area (Å²) in [4.78, 5) is 42.6. The van der Waals surface area contributed by atoms with Gasteiger partial charge in [-0.1, -0.05) is 40.1 Å². The van der Waals surface area contributed by atoms with Crippen LogP contribution in [0, 0.1) is 11.8 Å². The molecule has 1 aliphatic heterocycles. The first-order chi connectivity index (χ1) is 12.0. The molecule has 1 aliphatic carbocycles. The molecule has 1 aromatic carbocycles. The molecule has 4 rings (SSSR count). The summed E-state index contributed by atoms with van der Waals surface area (Å²) >= 11 is 4.76. The molecule has 2 heterocycles. The first kappa shape index (κ1) is 16.7. The zero-order valence-corrected chi connectivity index (χ0v) is 15.7. The van der Waals surface area contributed by atoms with Crippen molar-refractivity contribution in [2.24, 2.45) is 11.8 Å². The summed E-state index contributed by atoms with van der Waals surface area (Å²) in [6, 6.07) is 5.68. The van der Waals surface area contributed by atoms with Gasteiger partial charge in [-0.3, -0.25) is 19.3 Å². The van der Waals surface area contributed by atoms with E-state index in [1.165, 1.54) is 11.3 Å². The number of rotatable bonds is 3. The van der Waals surface area contributed by atoms with Gasteiger partial charge < -0.3 is 5.32 Å². The highest BCUT2D eigenvalue weighted by Gasteiger charge is 2.48. The van der Waals surface area contributed by atoms with E-state index in [1.807, 2.05) is 18.2 Å². The molecule has 2 fully saturated rings. The molecule has 1 saturated heterocycles. The largest absolute Gasteiger partial charge is 0.300 e. The number of hydrogen-bond donors (Lipinski definition) is 1. The number of amides is 3. The van der Waals surface area contributed by atoms with E-state index in [9.17, 15) is 14.4 Å². The summed E-state index contributed by atoms with van der Waals surface area (Å²) in [5.74, 6) is -1.24. The number of likely N-dealkylation sites (tertiary alicyclic amines) is 1. The highest BCUT2D eigenvalue weighted by molar-refractivity contribution is 9.10. The third-order valence-corrected chi connectivity index (χ3v) is 6.26. The number of thiazole rings is 1. The van der Waals surface area contributed by atoms with Gasteiger partial charge >= 0.3 is 0 Å². The maximum absolute atomic E-state index is 12.4. The third-order valence-electron chi connectivity index (χ3n) is 4.83. The van der Waals surface area contributed by atoms with Gasteiger partial charge in [0.15, 0.2) is 5.13 Å². The van der Waals surface area contributed by atoms with Gasteiger partial charge in [-0.2, -0.15) is 0 Å². The van der Waals surface area contributed by atoms with E-state index in [0.29, 0.717) is 5.13 Å². The lowest BCUT2D eigenvalue weighted by Gasteiger charge is -2.19.